The SMILES string of the molecule is [CH2]COOC(=O)c1ccc(CC)cc1. The van der Waals surface area contributed by atoms with Gasteiger partial charge in [0.15, 0.2) is 0 Å². The number of hydrogen-bond acceptors (Lipinski definition) is 3. The molecule has 0 amide bonds. The molecule has 0 saturated heterocycles. The van der Waals surface area contributed by atoms with E-state index in [1.807, 2.05) is 12.1 Å². The maximum Gasteiger partial charge on any atom is 0.373 e. The van der Waals surface area contributed by atoms with Crippen molar-refractivity contribution in [3.63, 3.8) is 0 Å². The van der Waals surface area contributed by atoms with Crippen molar-refractivity contribution in [3.8, 4) is 0 Å². The highest BCUT2D eigenvalue weighted by atomic mass is 17.2. The largest absolute Gasteiger partial charge is 0.373 e. The molecular weight excluding hydrogens is 180 g/mol. The molecule has 0 aliphatic heterocycles. The minimum atomic E-state index is -0.490. The van der Waals surface area contributed by atoms with Gasteiger partial charge >= 0.3 is 5.97 Å². The highest BCUT2D eigenvalue weighted by molar-refractivity contribution is 5.88. The van der Waals surface area contributed by atoms with Gasteiger partial charge in [0, 0.05) is 0 Å². The van der Waals surface area contributed by atoms with Crippen LogP contribution in [0.25, 0.3) is 0 Å². The molecule has 0 aromatic heterocycles. The second kappa shape index (κ2) is 5.40. The van der Waals surface area contributed by atoms with Crippen LogP contribution in [-0.2, 0) is 16.2 Å². The molecule has 1 radical (unpaired) electrons. The molecule has 0 atom stereocenters. The molecule has 0 bridgehead atoms. The van der Waals surface area contributed by atoms with E-state index in [-0.39, 0.29) is 6.61 Å². The minimum absolute atomic E-state index is 0.110. The van der Waals surface area contributed by atoms with Gasteiger partial charge in [0.2, 0.25) is 0 Å². The lowest BCUT2D eigenvalue weighted by Gasteiger charge is -2.01. The number of hydrogen-bond donors (Lipinski definition) is 0. The Kier molecular flexibility index (Phi) is 4.13. The molecule has 0 aliphatic rings. The van der Waals surface area contributed by atoms with Gasteiger partial charge in [-0.3, -0.25) is 4.89 Å². The summed E-state index contributed by atoms with van der Waals surface area (Å²) < 4.78 is 0. The Labute approximate surface area is 83.6 Å². The van der Waals surface area contributed by atoms with E-state index in [2.05, 4.69) is 23.6 Å². The summed E-state index contributed by atoms with van der Waals surface area (Å²) in [4.78, 5) is 20.1. The Hall–Kier alpha value is -1.35. The van der Waals surface area contributed by atoms with Crippen LogP contribution in [0, 0.1) is 6.92 Å². The lowest BCUT2D eigenvalue weighted by molar-refractivity contribution is -0.232. The quantitative estimate of drug-likeness (QED) is 0.543. The Balaban J connectivity index is 2.62. The summed E-state index contributed by atoms with van der Waals surface area (Å²) in [5.41, 5.74) is 1.66. The third-order valence-corrected chi connectivity index (χ3v) is 1.82. The summed E-state index contributed by atoms with van der Waals surface area (Å²) in [6.07, 6.45) is 0.949. The fourth-order valence-electron chi connectivity index (χ4n) is 1.02. The Morgan fingerprint density at radius 3 is 2.50 bits per heavy atom. The van der Waals surface area contributed by atoms with Gasteiger partial charge in [0.1, 0.15) is 0 Å². The van der Waals surface area contributed by atoms with Crippen LogP contribution in [0.5, 0.6) is 0 Å². The van der Waals surface area contributed by atoms with E-state index < -0.39 is 5.97 Å². The van der Waals surface area contributed by atoms with Crippen molar-refractivity contribution in [2.75, 3.05) is 6.61 Å². The van der Waals surface area contributed by atoms with Crippen molar-refractivity contribution in [2.45, 2.75) is 13.3 Å². The molecule has 14 heavy (non-hydrogen) atoms. The van der Waals surface area contributed by atoms with Crippen LogP contribution >= 0.6 is 0 Å². The number of carbonyl (C=O) groups excluding carboxylic acids is 1. The first kappa shape index (κ1) is 10.7. The molecule has 3 heteroatoms. The number of benzene rings is 1. The van der Waals surface area contributed by atoms with Gasteiger partial charge in [-0.05, 0) is 31.0 Å². The molecule has 1 aromatic rings. The highest BCUT2D eigenvalue weighted by Gasteiger charge is 2.06. The molecule has 0 N–H and O–H groups in total. The Bertz CT molecular complexity index is 290. The zero-order chi connectivity index (χ0) is 10.4. The molecule has 1 aromatic carbocycles. The van der Waals surface area contributed by atoms with E-state index >= 15 is 0 Å². The molecule has 0 heterocycles. The van der Waals surface area contributed by atoms with Gasteiger partial charge in [0.25, 0.3) is 0 Å². The van der Waals surface area contributed by atoms with Crippen molar-refractivity contribution in [1.82, 2.24) is 0 Å². The fourth-order valence-corrected chi connectivity index (χ4v) is 1.02. The summed E-state index contributed by atoms with van der Waals surface area (Å²) in [6, 6.07) is 7.21. The standard InChI is InChI=1S/C11H13O3/c1-3-9-5-7-10(8-6-9)11(12)14-13-4-2/h5-8H,2-4H2,1H3. The normalized spacial score (nSPS) is 9.86. The van der Waals surface area contributed by atoms with Crippen LogP contribution in [0.4, 0.5) is 0 Å². The van der Waals surface area contributed by atoms with E-state index in [9.17, 15) is 4.79 Å². The lowest BCUT2D eigenvalue weighted by atomic mass is 10.1. The number of aryl methyl sites for hydroxylation is 1. The van der Waals surface area contributed by atoms with Gasteiger partial charge in [-0.25, -0.2) is 4.79 Å². The zero-order valence-corrected chi connectivity index (χ0v) is 8.16. The lowest BCUT2D eigenvalue weighted by Crippen LogP contribution is -2.05. The summed E-state index contributed by atoms with van der Waals surface area (Å²) in [5.74, 6) is -0.490. The first-order chi connectivity index (χ1) is 6.77. The average molecular weight is 193 g/mol. The summed E-state index contributed by atoms with van der Waals surface area (Å²) >= 11 is 0. The van der Waals surface area contributed by atoms with Gasteiger partial charge in [-0.1, -0.05) is 19.1 Å². The highest BCUT2D eigenvalue weighted by Crippen LogP contribution is 2.06. The summed E-state index contributed by atoms with van der Waals surface area (Å²) in [5, 5.41) is 0. The smallest absolute Gasteiger partial charge is 0.293 e. The first-order valence-corrected chi connectivity index (χ1v) is 4.50. The summed E-state index contributed by atoms with van der Waals surface area (Å²) in [6.45, 7) is 5.54. The molecule has 0 aliphatic carbocycles. The van der Waals surface area contributed by atoms with Crippen LogP contribution in [-0.4, -0.2) is 12.6 Å². The molecule has 0 spiro atoms. The number of carbonyl (C=O) groups is 1. The molecular formula is C11H13O3. The molecule has 0 unspecified atom stereocenters. The Morgan fingerprint density at radius 1 is 1.36 bits per heavy atom. The van der Waals surface area contributed by atoms with E-state index in [1.54, 1.807) is 12.1 Å². The molecule has 3 nitrogen and oxygen atoms in total. The fraction of sp³-hybridized carbons (Fsp3) is 0.273. The topological polar surface area (TPSA) is 35.5 Å². The van der Waals surface area contributed by atoms with Crippen molar-refractivity contribution in [1.29, 1.82) is 0 Å². The first-order valence-electron chi connectivity index (χ1n) is 4.50. The average Bonchev–Trinajstić information content (AvgIpc) is 2.26. The predicted molar refractivity (Wildman–Crippen MR) is 52.5 cm³/mol. The van der Waals surface area contributed by atoms with E-state index in [0.717, 1.165) is 6.42 Å². The predicted octanol–water partition coefficient (Wildman–Crippen LogP) is 2.17. The second-order valence-electron chi connectivity index (χ2n) is 2.74. The van der Waals surface area contributed by atoms with E-state index in [4.69, 9.17) is 0 Å². The van der Waals surface area contributed by atoms with E-state index in [1.165, 1.54) is 5.56 Å². The van der Waals surface area contributed by atoms with Crippen molar-refractivity contribution in [3.05, 3.63) is 42.3 Å². The number of rotatable bonds is 4. The van der Waals surface area contributed by atoms with Crippen LogP contribution in [0.2, 0.25) is 0 Å². The molecule has 1 rings (SSSR count). The summed E-state index contributed by atoms with van der Waals surface area (Å²) in [7, 11) is 0. The minimum Gasteiger partial charge on any atom is -0.293 e. The second-order valence-corrected chi connectivity index (χ2v) is 2.74. The maximum atomic E-state index is 11.2. The maximum absolute atomic E-state index is 11.2. The zero-order valence-electron chi connectivity index (χ0n) is 8.16. The molecule has 75 valence electrons. The van der Waals surface area contributed by atoms with Crippen molar-refractivity contribution >= 4 is 5.97 Å². The molecule has 0 fully saturated rings. The van der Waals surface area contributed by atoms with Gasteiger partial charge in [0.05, 0.1) is 12.2 Å². The van der Waals surface area contributed by atoms with Crippen molar-refractivity contribution < 1.29 is 14.6 Å². The van der Waals surface area contributed by atoms with Crippen LogP contribution in [0.1, 0.15) is 22.8 Å². The Morgan fingerprint density at radius 2 is 2.00 bits per heavy atom. The van der Waals surface area contributed by atoms with Gasteiger partial charge < -0.3 is 0 Å². The van der Waals surface area contributed by atoms with Crippen LogP contribution in [0.3, 0.4) is 0 Å². The van der Waals surface area contributed by atoms with Crippen molar-refractivity contribution in [2.24, 2.45) is 0 Å². The third-order valence-electron chi connectivity index (χ3n) is 1.82. The van der Waals surface area contributed by atoms with Crippen LogP contribution < -0.4 is 0 Å². The monoisotopic (exact) mass is 193 g/mol. The third kappa shape index (κ3) is 2.85. The van der Waals surface area contributed by atoms with E-state index in [0.29, 0.717) is 5.56 Å². The molecule has 0 saturated carbocycles. The van der Waals surface area contributed by atoms with Crippen LogP contribution in [0.15, 0.2) is 24.3 Å². The van der Waals surface area contributed by atoms with Gasteiger partial charge in [-0.15, -0.1) is 0 Å². The van der Waals surface area contributed by atoms with Gasteiger partial charge in [-0.2, -0.15) is 4.89 Å².